The van der Waals surface area contributed by atoms with Crippen molar-refractivity contribution in [3.63, 3.8) is 0 Å². The first-order valence-electron chi connectivity index (χ1n) is 14.3. The van der Waals surface area contributed by atoms with Gasteiger partial charge in [0.2, 0.25) is 16.9 Å². The van der Waals surface area contributed by atoms with Crippen molar-refractivity contribution in [3.8, 4) is 45.8 Å². The lowest BCUT2D eigenvalue weighted by Gasteiger charge is -2.37. The molecule has 2 aromatic carbocycles. The second-order valence-electron chi connectivity index (χ2n) is 11.4. The number of carbonyl (C=O) groups is 1. The van der Waals surface area contributed by atoms with E-state index in [9.17, 15) is 9.59 Å². The number of rotatable bonds is 10. The molecule has 1 fully saturated rings. The molecule has 12 nitrogen and oxygen atoms in total. The van der Waals surface area contributed by atoms with E-state index in [1.807, 2.05) is 32.7 Å². The van der Waals surface area contributed by atoms with Crippen LogP contribution in [0.4, 0.5) is 4.79 Å². The van der Waals surface area contributed by atoms with Crippen molar-refractivity contribution in [2.75, 3.05) is 62.4 Å². The van der Waals surface area contributed by atoms with E-state index in [2.05, 4.69) is 0 Å². The van der Waals surface area contributed by atoms with Crippen molar-refractivity contribution in [1.82, 2.24) is 9.80 Å². The highest BCUT2D eigenvalue weighted by Crippen LogP contribution is 2.44. The number of likely N-dealkylation sites (tertiary alicyclic amines) is 1. The third kappa shape index (κ3) is 6.91. The van der Waals surface area contributed by atoms with Gasteiger partial charge in [-0.2, -0.15) is 0 Å². The third-order valence-corrected chi connectivity index (χ3v) is 7.43. The number of hydrogen-bond acceptors (Lipinski definition) is 11. The highest BCUT2D eigenvalue weighted by Gasteiger charge is 2.30. The van der Waals surface area contributed by atoms with Gasteiger partial charge in [-0.1, -0.05) is 0 Å². The van der Waals surface area contributed by atoms with Crippen molar-refractivity contribution in [1.29, 1.82) is 0 Å². The third-order valence-electron chi connectivity index (χ3n) is 7.43. The Bertz CT molecular complexity index is 1510. The first-order valence-corrected chi connectivity index (χ1v) is 14.3. The number of ether oxygens (including phenoxy) is 7. The lowest BCUT2D eigenvalue weighted by Crippen LogP contribution is -2.47. The fourth-order valence-corrected chi connectivity index (χ4v) is 5.14. The Labute approximate surface area is 257 Å². The van der Waals surface area contributed by atoms with Crippen LogP contribution in [-0.4, -0.2) is 90.0 Å². The number of piperidine rings is 1. The standard InChI is InChI=1S/C32H42N2O10/c1-32(2,3)44-31(36)34-12-10-20(11-13-34)33(4)18-42-30-27(35)26-22(38-6)16-21(37-5)17-23(26)43-28(30)19-14-24(39-7)29(41-9)25(15-19)40-8/h14-17,20H,10-13,18H2,1-9H3. The van der Waals surface area contributed by atoms with Gasteiger partial charge in [0.15, 0.2) is 17.3 Å². The molecule has 0 spiro atoms. The smallest absolute Gasteiger partial charge is 0.410 e. The number of amides is 1. The van der Waals surface area contributed by atoms with Crippen molar-refractivity contribution >= 4 is 17.1 Å². The maximum Gasteiger partial charge on any atom is 0.410 e. The zero-order valence-corrected chi connectivity index (χ0v) is 26.9. The molecule has 1 aromatic heterocycles. The molecule has 240 valence electrons. The summed E-state index contributed by atoms with van der Waals surface area (Å²) >= 11 is 0. The molecule has 1 amide bonds. The largest absolute Gasteiger partial charge is 0.496 e. The molecular weight excluding hydrogens is 572 g/mol. The quantitative estimate of drug-likeness (QED) is 0.282. The van der Waals surface area contributed by atoms with Crippen LogP contribution in [-0.2, 0) is 4.74 Å². The lowest BCUT2D eigenvalue weighted by atomic mass is 10.0. The van der Waals surface area contributed by atoms with E-state index in [4.69, 9.17) is 37.6 Å². The average Bonchev–Trinajstić information content (AvgIpc) is 3.01. The molecule has 0 saturated carbocycles. The van der Waals surface area contributed by atoms with Gasteiger partial charge in [-0.3, -0.25) is 9.69 Å². The summed E-state index contributed by atoms with van der Waals surface area (Å²) in [6, 6.07) is 6.73. The van der Waals surface area contributed by atoms with Crippen LogP contribution in [0.5, 0.6) is 34.5 Å². The SMILES string of the molecule is COc1cc(OC)c2c(=O)c(OCN(C)C3CCN(C(=O)OC(C)(C)C)CC3)c(-c3cc(OC)c(OC)c(OC)c3)oc2c1. The van der Waals surface area contributed by atoms with Gasteiger partial charge in [-0.25, -0.2) is 4.79 Å². The van der Waals surface area contributed by atoms with Gasteiger partial charge in [-0.15, -0.1) is 0 Å². The highest BCUT2D eigenvalue weighted by atomic mass is 16.6. The normalized spacial score (nSPS) is 14.0. The topological polar surface area (TPSA) is 118 Å². The van der Waals surface area contributed by atoms with E-state index in [1.54, 1.807) is 29.2 Å². The fraction of sp³-hybridized carbons (Fsp3) is 0.500. The Morgan fingerprint density at radius 3 is 2.02 bits per heavy atom. The summed E-state index contributed by atoms with van der Waals surface area (Å²) in [5, 5.41) is 0.216. The molecule has 44 heavy (non-hydrogen) atoms. The number of carbonyl (C=O) groups excluding carboxylic acids is 1. The Balaban J connectivity index is 1.70. The molecule has 2 heterocycles. The molecule has 0 unspecified atom stereocenters. The minimum Gasteiger partial charge on any atom is -0.496 e. The Morgan fingerprint density at radius 1 is 0.886 bits per heavy atom. The van der Waals surface area contributed by atoms with Crippen LogP contribution in [0, 0.1) is 0 Å². The monoisotopic (exact) mass is 614 g/mol. The van der Waals surface area contributed by atoms with Gasteiger partial charge in [0, 0.05) is 36.8 Å². The van der Waals surface area contributed by atoms with Gasteiger partial charge < -0.3 is 42.5 Å². The van der Waals surface area contributed by atoms with Crippen LogP contribution < -0.4 is 33.8 Å². The van der Waals surface area contributed by atoms with Crippen molar-refractivity contribution in [3.05, 3.63) is 34.5 Å². The lowest BCUT2D eigenvalue weighted by molar-refractivity contribution is 0.0111. The predicted molar refractivity (Wildman–Crippen MR) is 165 cm³/mol. The Hall–Kier alpha value is -4.32. The van der Waals surface area contributed by atoms with Gasteiger partial charge in [0.05, 0.1) is 35.5 Å². The number of methoxy groups -OCH3 is 5. The molecule has 3 aromatic rings. The molecular formula is C32H42N2O10. The maximum absolute atomic E-state index is 14.1. The number of benzene rings is 2. The molecule has 0 bridgehead atoms. The molecule has 0 N–H and O–H groups in total. The predicted octanol–water partition coefficient (Wildman–Crippen LogP) is 5.17. The summed E-state index contributed by atoms with van der Waals surface area (Å²) in [5.41, 5.74) is -0.236. The number of fused-ring (bicyclic) bond motifs is 1. The minimum absolute atomic E-state index is 0.00622. The zero-order valence-electron chi connectivity index (χ0n) is 26.9. The molecule has 0 aliphatic carbocycles. The summed E-state index contributed by atoms with van der Waals surface area (Å²) in [4.78, 5) is 30.3. The molecule has 1 aliphatic rings. The summed E-state index contributed by atoms with van der Waals surface area (Å²) < 4.78 is 45.7. The van der Waals surface area contributed by atoms with Crippen molar-refractivity contribution in [2.24, 2.45) is 0 Å². The van der Waals surface area contributed by atoms with Gasteiger partial charge in [0.1, 0.15) is 34.8 Å². The maximum atomic E-state index is 14.1. The van der Waals surface area contributed by atoms with E-state index in [0.29, 0.717) is 41.7 Å². The van der Waals surface area contributed by atoms with E-state index in [0.717, 1.165) is 12.8 Å². The van der Waals surface area contributed by atoms with Crippen molar-refractivity contribution < 1.29 is 42.4 Å². The second kappa shape index (κ2) is 13.5. The summed E-state index contributed by atoms with van der Waals surface area (Å²) in [5.74, 6) is 2.07. The first-order chi connectivity index (χ1) is 20.9. The van der Waals surface area contributed by atoms with Crippen molar-refractivity contribution in [2.45, 2.75) is 45.3 Å². The van der Waals surface area contributed by atoms with E-state index in [-0.39, 0.29) is 47.1 Å². The van der Waals surface area contributed by atoms with E-state index >= 15 is 0 Å². The summed E-state index contributed by atoms with van der Waals surface area (Å²) in [6.07, 6.45) is 1.13. The average molecular weight is 615 g/mol. The van der Waals surface area contributed by atoms with Gasteiger partial charge in [-0.05, 0) is 52.8 Å². The summed E-state index contributed by atoms with van der Waals surface area (Å²) in [7, 11) is 9.43. The fourth-order valence-electron chi connectivity index (χ4n) is 5.14. The van der Waals surface area contributed by atoms with Crippen LogP contribution in [0.2, 0.25) is 0 Å². The first kappa shape index (κ1) is 32.6. The number of nitrogens with zero attached hydrogens (tertiary/aromatic N) is 2. The van der Waals surface area contributed by atoms with Crippen LogP contribution >= 0.6 is 0 Å². The van der Waals surface area contributed by atoms with Crippen LogP contribution in [0.1, 0.15) is 33.6 Å². The zero-order chi connectivity index (χ0) is 32.2. The molecule has 0 atom stereocenters. The minimum atomic E-state index is -0.553. The molecule has 1 aliphatic heterocycles. The summed E-state index contributed by atoms with van der Waals surface area (Å²) in [6.45, 7) is 6.75. The van der Waals surface area contributed by atoms with Gasteiger partial charge in [0.25, 0.3) is 0 Å². The van der Waals surface area contributed by atoms with E-state index in [1.165, 1.54) is 35.5 Å². The molecule has 1 saturated heterocycles. The van der Waals surface area contributed by atoms with Crippen LogP contribution in [0.15, 0.2) is 33.5 Å². The van der Waals surface area contributed by atoms with Crippen LogP contribution in [0.25, 0.3) is 22.3 Å². The molecule has 12 heteroatoms. The van der Waals surface area contributed by atoms with Gasteiger partial charge >= 0.3 is 6.09 Å². The van der Waals surface area contributed by atoms with Crippen LogP contribution in [0.3, 0.4) is 0 Å². The Morgan fingerprint density at radius 2 is 1.50 bits per heavy atom. The van der Waals surface area contributed by atoms with E-state index < -0.39 is 11.0 Å². The Kier molecular flexibility index (Phi) is 10.0. The highest BCUT2D eigenvalue weighted by molar-refractivity contribution is 5.89. The molecule has 4 rings (SSSR count). The number of hydrogen-bond donors (Lipinski definition) is 0. The second-order valence-corrected chi connectivity index (χ2v) is 11.4. The molecule has 0 radical (unpaired) electrons.